The van der Waals surface area contributed by atoms with Crippen LogP contribution in [0.15, 0.2) is 24.3 Å². The summed E-state index contributed by atoms with van der Waals surface area (Å²) in [4.78, 5) is 12.1. The smallest absolute Gasteiger partial charge is 0.225 e. The second kappa shape index (κ2) is 7.17. The van der Waals surface area contributed by atoms with Gasteiger partial charge in [0, 0.05) is 11.5 Å². The fraction of sp³-hybridized carbons (Fsp3) is 0.438. The molecule has 2 rings (SSSR count). The average molecular weight is 301 g/mol. The molecule has 0 amide bonds. The highest BCUT2D eigenvalue weighted by molar-refractivity contribution is 5.26. The highest BCUT2D eigenvalue weighted by Gasteiger charge is 2.19. The third kappa shape index (κ3) is 4.14. The highest BCUT2D eigenvalue weighted by atomic mass is 15.2. The van der Waals surface area contributed by atoms with Gasteiger partial charge in [-0.3, -0.25) is 0 Å². The van der Waals surface area contributed by atoms with Crippen LogP contribution in [0.25, 0.3) is 0 Å². The van der Waals surface area contributed by atoms with Gasteiger partial charge in [-0.1, -0.05) is 45.0 Å². The van der Waals surface area contributed by atoms with Gasteiger partial charge in [0.15, 0.2) is 5.82 Å². The first-order chi connectivity index (χ1) is 10.5. The van der Waals surface area contributed by atoms with Crippen LogP contribution in [0, 0.1) is 5.92 Å². The predicted molar refractivity (Wildman–Crippen MR) is 87.7 cm³/mol. The molecule has 22 heavy (non-hydrogen) atoms. The number of rotatable bonds is 6. The Balaban J connectivity index is 2.11. The second-order valence-electron chi connectivity index (χ2n) is 5.77. The average Bonchev–Trinajstić information content (AvgIpc) is 2.47. The Morgan fingerprint density at radius 2 is 1.59 bits per heavy atom. The number of aryl methyl sites for hydroxylation is 1. The van der Waals surface area contributed by atoms with Crippen molar-refractivity contribution in [1.29, 1.82) is 0 Å². The summed E-state index contributed by atoms with van der Waals surface area (Å²) in [5.74, 6) is 1.44. The lowest BCUT2D eigenvalue weighted by Crippen LogP contribution is -2.85. The lowest BCUT2D eigenvalue weighted by Gasteiger charge is -2.19. The Labute approximate surface area is 131 Å². The van der Waals surface area contributed by atoms with Gasteiger partial charge in [0.1, 0.15) is 12.6 Å². The van der Waals surface area contributed by atoms with Crippen LogP contribution in [0.1, 0.15) is 43.8 Å². The molecule has 118 valence electrons. The van der Waals surface area contributed by atoms with Crippen LogP contribution in [0.3, 0.4) is 0 Å². The van der Waals surface area contributed by atoms with Crippen molar-refractivity contribution in [2.75, 3.05) is 11.5 Å². The lowest BCUT2D eigenvalue weighted by atomic mass is 9.95. The molecule has 1 aromatic carbocycles. The minimum atomic E-state index is 0.171. The van der Waals surface area contributed by atoms with Gasteiger partial charge in [-0.25, -0.2) is 0 Å². The number of nitrogens with two attached hydrogens (primary N) is 3. The van der Waals surface area contributed by atoms with Gasteiger partial charge >= 0.3 is 0 Å². The molecule has 1 aromatic heterocycles. The number of hydrogen-bond acceptors (Lipinski definition) is 5. The quantitative estimate of drug-likeness (QED) is 0.739. The molecular formula is C16H25N6+. The van der Waals surface area contributed by atoms with E-state index < -0.39 is 0 Å². The molecule has 0 saturated carbocycles. The molecule has 1 heterocycles. The van der Waals surface area contributed by atoms with E-state index in [4.69, 9.17) is 11.5 Å². The third-order valence-electron chi connectivity index (χ3n) is 3.76. The van der Waals surface area contributed by atoms with Gasteiger partial charge in [-0.05, 0) is 12.0 Å². The first kappa shape index (κ1) is 16.2. The van der Waals surface area contributed by atoms with E-state index in [1.165, 1.54) is 11.1 Å². The molecule has 1 atom stereocenters. The number of anilines is 2. The molecule has 0 saturated heterocycles. The lowest BCUT2D eigenvalue weighted by molar-refractivity contribution is -0.718. The maximum Gasteiger partial charge on any atom is 0.225 e. The molecular weight excluding hydrogens is 276 g/mol. The number of nitrogen functional groups attached to an aromatic ring is 2. The zero-order chi connectivity index (χ0) is 16.1. The third-order valence-corrected chi connectivity index (χ3v) is 3.76. The van der Waals surface area contributed by atoms with Gasteiger partial charge < -0.3 is 16.8 Å². The highest BCUT2D eigenvalue weighted by Crippen LogP contribution is 2.18. The predicted octanol–water partition coefficient (Wildman–Crippen LogP) is 1.06. The van der Waals surface area contributed by atoms with Gasteiger partial charge in [0.05, 0.1) is 0 Å². The number of nitrogens with zero attached hydrogens (tertiary/aromatic N) is 3. The zero-order valence-corrected chi connectivity index (χ0v) is 13.5. The van der Waals surface area contributed by atoms with Crippen molar-refractivity contribution in [3.8, 4) is 0 Å². The molecule has 6 heteroatoms. The Bertz CT molecular complexity index is 588. The van der Waals surface area contributed by atoms with Crippen molar-refractivity contribution >= 4 is 11.9 Å². The molecule has 0 aliphatic carbocycles. The van der Waals surface area contributed by atoms with Gasteiger partial charge in [-0.15, -0.1) is 0 Å². The van der Waals surface area contributed by atoms with E-state index in [1.54, 1.807) is 0 Å². The molecule has 0 fully saturated rings. The van der Waals surface area contributed by atoms with Crippen LogP contribution in [-0.2, 0) is 13.0 Å². The Morgan fingerprint density at radius 1 is 1.00 bits per heavy atom. The van der Waals surface area contributed by atoms with Crippen LogP contribution < -0.4 is 16.8 Å². The van der Waals surface area contributed by atoms with Crippen molar-refractivity contribution in [2.24, 2.45) is 5.92 Å². The largest absolute Gasteiger partial charge is 0.368 e. The van der Waals surface area contributed by atoms with Crippen molar-refractivity contribution in [1.82, 2.24) is 15.0 Å². The Hall–Kier alpha value is -2.21. The normalized spacial score (nSPS) is 12.5. The summed E-state index contributed by atoms with van der Waals surface area (Å²) in [6, 6.07) is 9.13. The van der Waals surface area contributed by atoms with Crippen LogP contribution in [-0.4, -0.2) is 15.0 Å². The minimum absolute atomic E-state index is 0.171. The van der Waals surface area contributed by atoms with E-state index in [2.05, 4.69) is 65.3 Å². The molecule has 0 spiro atoms. The van der Waals surface area contributed by atoms with E-state index in [-0.39, 0.29) is 11.9 Å². The van der Waals surface area contributed by atoms with Gasteiger partial charge in [0.25, 0.3) is 0 Å². The van der Waals surface area contributed by atoms with Crippen LogP contribution in [0.4, 0.5) is 11.9 Å². The molecule has 6 nitrogen and oxygen atoms in total. The van der Waals surface area contributed by atoms with Crippen molar-refractivity contribution in [3.05, 3.63) is 41.2 Å². The first-order valence-corrected chi connectivity index (χ1v) is 7.67. The summed E-state index contributed by atoms with van der Waals surface area (Å²) in [7, 11) is 0. The number of hydrogen-bond donors (Lipinski definition) is 3. The summed E-state index contributed by atoms with van der Waals surface area (Å²) in [6.45, 7) is 7.21. The summed E-state index contributed by atoms with van der Waals surface area (Å²) in [6.07, 6.45) is 1.06. The fourth-order valence-corrected chi connectivity index (χ4v) is 2.55. The Morgan fingerprint density at radius 3 is 2.09 bits per heavy atom. The molecule has 0 bridgehead atoms. The van der Waals surface area contributed by atoms with E-state index in [0.717, 1.165) is 6.42 Å². The summed E-state index contributed by atoms with van der Waals surface area (Å²) in [5.41, 5.74) is 13.9. The van der Waals surface area contributed by atoms with Gasteiger partial charge in [-0.2, -0.15) is 15.0 Å². The molecule has 6 N–H and O–H groups in total. The summed E-state index contributed by atoms with van der Waals surface area (Å²) < 4.78 is 0. The standard InChI is InChI=1S/C16H24N6/c1-4-11-5-7-12(8-6-11)14(10(2)3)19-9-13-20-15(17)22-16(18)21-13/h5-8,10,14,19H,4,9H2,1-3H3,(H4,17,18,20,21,22)/p+1/t14-/m0/s1. The number of aromatic nitrogens is 3. The van der Waals surface area contributed by atoms with Crippen LogP contribution in [0.5, 0.6) is 0 Å². The van der Waals surface area contributed by atoms with Crippen molar-refractivity contribution < 1.29 is 5.32 Å². The van der Waals surface area contributed by atoms with Crippen LogP contribution >= 0.6 is 0 Å². The fourth-order valence-electron chi connectivity index (χ4n) is 2.55. The zero-order valence-electron chi connectivity index (χ0n) is 13.5. The second-order valence-corrected chi connectivity index (χ2v) is 5.77. The molecule has 0 aliphatic rings. The maximum atomic E-state index is 5.61. The molecule has 0 radical (unpaired) electrons. The van der Waals surface area contributed by atoms with Crippen molar-refractivity contribution in [2.45, 2.75) is 39.8 Å². The van der Waals surface area contributed by atoms with Crippen molar-refractivity contribution in [3.63, 3.8) is 0 Å². The Kier molecular flexibility index (Phi) is 5.27. The van der Waals surface area contributed by atoms with Gasteiger partial charge in [0.2, 0.25) is 11.9 Å². The molecule has 0 unspecified atom stereocenters. The summed E-state index contributed by atoms with van der Waals surface area (Å²) >= 11 is 0. The van der Waals surface area contributed by atoms with E-state index in [9.17, 15) is 0 Å². The molecule has 0 aliphatic heterocycles. The SMILES string of the molecule is CCc1ccc([C@@H]([NH2+]Cc2nc(N)nc(N)n2)C(C)C)cc1. The maximum absolute atomic E-state index is 5.61. The summed E-state index contributed by atoms with van der Waals surface area (Å²) in [5, 5.41) is 2.22. The topological polar surface area (TPSA) is 107 Å². The van der Waals surface area contributed by atoms with Crippen LogP contribution in [0.2, 0.25) is 0 Å². The minimum Gasteiger partial charge on any atom is -0.368 e. The monoisotopic (exact) mass is 301 g/mol. The number of quaternary nitrogens is 1. The van der Waals surface area contributed by atoms with E-state index in [1.807, 2.05) is 0 Å². The van der Waals surface area contributed by atoms with E-state index >= 15 is 0 Å². The van der Waals surface area contributed by atoms with E-state index in [0.29, 0.717) is 24.3 Å². The number of benzene rings is 1. The molecule has 2 aromatic rings. The first-order valence-electron chi connectivity index (χ1n) is 7.67.